The molecule has 1 fully saturated rings. The number of imidazole rings is 1. The van der Waals surface area contributed by atoms with E-state index >= 15 is 0 Å². The zero-order valence-corrected chi connectivity index (χ0v) is 13.3. The van der Waals surface area contributed by atoms with Crippen LogP contribution in [-0.2, 0) is 4.79 Å². The van der Waals surface area contributed by atoms with Gasteiger partial charge in [-0.05, 0) is 33.6 Å². The Kier molecular flexibility index (Phi) is 3.96. The smallest absolute Gasteiger partial charge is 0.245 e. The number of amides is 1. The van der Waals surface area contributed by atoms with E-state index in [0.717, 1.165) is 31.0 Å². The molecule has 7 heteroatoms. The van der Waals surface area contributed by atoms with Crippen molar-refractivity contribution in [3.05, 3.63) is 30.4 Å². The standard InChI is InChI=1S/C15H22N6O/c1-11(20-8-6-16-10-20)15(22)19-7-4-5-14(9-19)21-13(3)17-12(2)18-21/h6,8,10-11,14H,4-5,7,9H2,1-3H3/t11-,14-/m0/s1. The van der Waals surface area contributed by atoms with Gasteiger partial charge in [0.15, 0.2) is 0 Å². The molecule has 0 bridgehead atoms. The van der Waals surface area contributed by atoms with Crippen molar-refractivity contribution in [3.63, 3.8) is 0 Å². The average molecular weight is 302 g/mol. The van der Waals surface area contributed by atoms with Crippen LogP contribution >= 0.6 is 0 Å². The highest BCUT2D eigenvalue weighted by molar-refractivity contribution is 5.80. The Bertz CT molecular complexity index is 647. The van der Waals surface area contributed by atoms with Crippen molar-refractivity contribution >= 4 is 5.91 Å². The summed E-state index contributed by atoms with van der Waals surface area (Å²) in [7, 11) is 0. The summed E-state index contributed by atoms with van der Waals surface area (Å²) in [4.78, 5) is 23.0. The number of hydrogen-bond acceptors (Lipinski definition) is 4. The van der Waals surface area contributed by atoms with Crippen LogP contribution in [0.4, 0.5) is 0 Å². The Hall–Kier alpha value is -2.18. The topological polar surface area (TPSA) is 68.8 Å². The number of carbonyl (C=O) groups excluding carboxylic acids is 1. The fourth-order valence-electron chi connectivity index (χ4n) is 3.13. The van der Waals surface area contributed by atoms with E-state index < -0.39 is 0 Å². The molecule has 0 unspecified atom stereocenters. The van der Waals surface area contributed by atoms with Gasteiger partial charge in [-0.1, -0.05) is 0 Å². The number of likely N-dealkylation sites (tertiary alicyclic amines) is 1. The summed E-state index contributed by atoms with van der Waals surface area (Å²) in [6, 6.07) is -0.00582. The van der Waals surface area contributed by atoms with Gasteiger partial charge in [-0.15, -0.1) is 0 Å². The first kappa shape index (κ1) is 14.7. The number of aryl methyl sites for hydroxylation is 2. The molecule has 0 spiro atoms. The largest absolute Gasteiger partial charge is 0.339 e. The molecule has 118 valence electrons. The van der Waals surface area contributed by atoms with Crippen LogP contribution in [0.15, 0.2) is 18.7 Å². The van der Waals surface area contributed by atoms with Gasteiger partial charge in [0.2, 0.25) is 5.91 Å². The second kappa shape index (κ2) is 5.90. The average Bonchev–Trinajstić information content (AvgIpc) is 3.15. The lowest BCUT2D eigenvalue weighted by Gasteiger charge is -2.34. The lowest BCUT2D eigenvalue weighted by Crippen LogP contribution is -2.43. The van der Waals surface area contributed by atoms with Crippen LogP contribution in [-0.4, -0.2) is 48.2 Å². The fourth-order valence-corrected chi connectivity index (χ4v) is 3.13. The molecule has 1 aliphatic heterocycles. The summed E-state index contributed by atoms with van der Waals surface area (Å²) in [5.74, 6) is 1.84. The molecule has 0 aromatic carbocycles. The van der Waals surface area contributed by atoms with E-state index in [1.807, 2.05) is 41.1 Å². The monoisotopic (exact) mass is 302 g/mol. The van der Waals surface area contributed by atoms with Crippen molar-refractivity contribution in [2.75, 3.05) is 13.1 Å². The molecule has 3 rings (SSSR count). The minimum atomic E-state index is -0.222. The van der Waals surface area contributed by atoms with E-state index in [9.17, 15) is 4.79 Å². The molecule has 22 heavy (non-hydrogen) atoms. The predicted octanol–water partition coefficient (Wildman–Crippen LogP) is 1.52. The van der Waals surface area contributed by atoms with Crippen LogP contribution in [0.2, 0.25) is 0 Å². The van der Waals surface area contributed by atoms with Gasteiger partial charge in [0.1, 0.15) is 17.7 Å². The number of nitrogens with zero attached hydrogens (tertiary/aromatic N) is 6. The molecule has 1 amide bonds. The normalized spacial score (nSPS) is 20.1. The first-order valence-corrected chi connectivity index (χ1v) is 7.72. The maximum Gasteiger partial charge on any atom is 0.245 e. The molecular weight excluding hydrogens is 280 g/mol. The third kappa shape index (κ3) is 2.75. The molecule has 0 N–H and O–H groups in total. The summed E-state index contributed by atoms with van der Waals surface area (Å²) in [5, 5.41) is 4.47. The van der Waals surface area contributed by atoms with Gasteiger partial charge in [0.25, 0.3) is 0 Å². The predicted molar refractivity (Wildman–Crippen MR) is 81.3 cm³/mol. The molecule has 2 aromatic rings. The van der Waals surface area contributed by atoms with Crippen molar-refractivity contribution in [2.45, 2.75) is 45.7 Å². The number of rotatable bonds is 3. The highest BCUT2D eigenvalue weighted by Gasteiger charge is 2.29. The van der Waals surface area contributed by atoms with Gasteiger partial charge >= 0.3 is 0 Å². The summed E-state index contributed by atoms with van der Waals surface area (Å²) in [6.07, 6.45) is 7.24. The number of carbonyl (C=O) groups is 1. The van der Waals surface area contributed by atoms with Crippen LogP contribution in [0, 0.1) is 13.8 Å². The van der Waals surface area contributed by atoms with Gasteiger partial charge in [-0.2, -0.15) is 5.10 Å². The van der Waals surface area contributed by atoms with E-state index in [1.165, 1.54) is 0 Å². The second-order valence-corrected chi connectivity index (χ2v) is 5.92. The van der Waals surface area contributed by atoms with Crippen LogP contribution < -0.4 is 0 Å². The minimum Gasteiger partial charge on any atom is -0.339 e. The van der Waals surface area contributed by atoms with Crippen LogP contribution in [0.3, 0.4) is 0 Å². The van der Waals surface area contributed by atoms with Gasteiger partial charge in [0.05, 0.1) is 12.4 Å². The minimum absolute atomic E-state index is 0.136. The molecule has 0 saturated carbocycles. The highest BCUT2D eigenvalue weighted by Crippen LogP contribution is 2.24. The lowest BCUT2D eigenvalue weighted by molar-refractivity contribution is -0.136. The first-order chi connectivity index (χ1) is 10.6. The molecule has 7 nitrogen and oxygen atoms in total. The highest BCUT2D eigenvalue weighted by atomic mass is 16.2. The Morgan fingerprint density at radius 1 is 1.41 bits per heavy atom. The molecule has 2 aromatic heterocycles. The number of piperidine rings is 1. The molecule has 3 heterocycles. The molecular formula is C15H22N6O. The fraction of sp³-hybridized carbons (Fsp3) is 0.600. The summed E-state index contributed by atoms with van der Waals surface area (Å²) in [6.45, 7) is 7.28. The third-order valence-corrected chi connectivity index (χ3v) is 4.29. The quantitative estimate of drug-likeness (QED) is 0.862. The molecule has 2 atom stereocenters. The Balaban J connectivity index is 1.73. The van der Waals surface area contributed by atoms with Gasteiger partial charge < -0.3 is 9.47 Å². The summed E-state index contributed by atoms with van der Waals surface area (Å²) in [5.41, 5.74) is 0. The zero-order valence-electron chi connectivity index (χ0n) is 13.3. The van der Waals surface area contributed by atoms with Crippen LogP contribution in [0.25, 0.3) is 0 Å². The van der Waals surface area contributed by atoms with Crippen molar-refractivity contribution in [1.82, 2.24) is 29.2 Å². The molecule has 0 radical (unpaired) electrons. The van der Waals surface area contributed by atoms with Crippen LogP contribution in [0.5, 0.6) is 0 Å². The van der Waals surface area contributed by atoms with E-state index in [1.54, 1.807) is 12.5 Å². The van der Waals surface area contributed by atoms with Crippen LogP contribution in [0.1, 0.15) is 43.5 Å². The van der Waals surface area contributed by atoms with Gasteiger partial charge in [0, 0.05) is 25.5 Å². The van der Waals surface area contributed by atoms with E-state index in [2.05, 4.69) is 15.1 Å². The SMILES string of the molecule is Cc1nc(C)n([C@H]2CCCN(C(=O)[C@H](C)n3ccnc3)C2)n1. The molecule has 0 aliphatic carbocycles. The Morgan fingerprint density at radius 3 is 2.86 bits per heavy atom. The Labute approximate surface area is 130 Å². The maximum atomic E-state index is 12.7. The van der Waals surface area contributed by atoms with Gasteiger partial charge in [-0.3, -0.25) is 4.79 Å². The first-order valence-electron chi connectivity index (χ1n) is 7.72. The molecule has 1 saturated heterocycles. The summed E-state index contributed by atoms with van der Waals surface area (Å²) < 4.78 is 3.81. The summed E-state index contributed by atoms with van der Waals surface area (Å²) >= 11 is 0. The van der Waals surface area contributed by atoms with E-state index in [4.69, 9.17) is 0 Å². The van der Waals surface area contributed by atoms with Crippen molar-refractivity contribution in [1.29, 1.82) is 0 Å². The van der Waals surface area contributed by atoms with E-state index in [0.29, 0.717) is 6.54 Å². The van der Waals surface area contributed by atoms with E-state index in [-0.39, 0.29) is 18.0 Å². The molecule has 1 aliphatic rings. The van der Waals surface area contributed by atoms with Gasteiger partial charge in [-0.25, -0.2) is 14.6 Å². The Morgan fingerprint density at radius 2 is 2.23 bits per heavy atom. The number of hydrogen-bond donors (Lipinski definition) is 0. The zero-order chi connectivity index (χ0) is 15.7. The second-order valence-electron chi connectivity index (χ2n) is 5.92. The van der Waals surface area contributed by atoms with Crippen molar-refractivity contribution in [2.24, 2.45) is 0 Å². The lowest BCUT2D eigenvalue weighted by atomic mass is 10.0. The van der Waals surface area contributed by atoms with Crippen molar-refractivity contribution < 1.29 is 4.79 Å². The van der Waals surface area contributed by atoms with Crippen molar-refractivity contribution in [3.8, 4) is 0 Å². The number of aromatic nitrogens is 5. The maximum absolute atomic E-state index is 12.7. The third-order valence-electron chi connectivity index (χ3n) is 4.29.